The van der Waals surface area contributed by atoms with Crippen molar-refractivity contribution in [3.05, 3.63) is 32.4 Å². The molecule has 18 heavy (non-hydrogen) atoms. The minimum atomic E-state index is -1.06. The molecule has 0 aliphatic heterocycles. The van der Waals surface area contributed by atoms with E-state index < -0.39 is 17.9 Å². The van der Waals surface area contributed by atoms with Crippen LogP contribution in [0.1, 0.15) is 24.2 Å². The SMILES string of the molecule is CC(C)[C@H](NC(=O)c1ccc(I)cc1Cl)C(=O)O. The molecule has 1 rings (SSSR count). The summed E-state index contributed by atoms with van der Waals surface area (Å²) in [6.07, 6.45) is 0. The lowest BCUT2D eigenvalue weighted by atomic mass is 10.0. The van der Waals surface area contributed by atoms with Crippen molar-refractivity contribution in [2.24, 2.45) is 5.92 Å². The lowest BCUT2D eigenvalue weighted by Gasteiger charge is -2.18. The molecule has 0 fully saturated rings. The summed E-state index contributed by atoms with van der Waals surface area (Å²) in [6, 6.07) is 4.06. The van der Waals surface area contributed by atoms with E-state index in [1.54, 1.807) is 32.0 Å². The third kappa shape index (κ3) is 3.84. The third-order valence-electron chi connectivity index (χ3n) is 2.40. The Morgan fingerprint density at radius 2 is 2.00 bits per heavy atom. The molecule has 0 saturated heterocycles. The van der Waals surface area contributed by atoms with E-state index in [-0.39, 0.29) is 11.5 Å². The smallest absolute Gasteiger partial charge is 0.326 e. The molecule has 0 saturated carbocycles. The van der Waals surface area contributed by atoms with Gasteiger partial charge in [-0.15, -0.1) is 0 Å². The monoisotopic (exact) mass is 381 g/mol. The van der Waals surface area contributed by atoms with E-state index in [0.717, 1.165) is 3.57 Å². The zero-order valence-corrected chi connectivity index (χ0v) is 12.8. The van der Waals surface area contributed by atoms with Gasteiger partial charge < -0.3 is 10.4 Å². The Balaban J connectivity index is 2.91. The summed E-state index contributed by atoms with van der Waals surface area (Å²) in [5.41, 5.74) is 0.281. The molecule has 0 heterocycles. The molecule has 6 heteroatoms. The van der Waals surface area contributed by atoms with Crippen LogP contribution in [0.4, 0.5) is 0 Å². The normalized spacial score (nSPS) is 12.3. The van der Waals surface area contributed by atoms with Gasteiger partial charge in [-0.05, 0) is 46.7 Å². The fraction of sp³-hybridized carbons (Fsp3) is 0.333. The van der Waals surface area contributed by atoms with Gasteiger partial charge in [0, 0.05) is 3.57 Å². The Labute approximate surface area is 124 Å². The van der Waals surface area contributed by atoms with Crippen molar-refractivity contribution in [3.8, 4) is 0 Å². The quantitative estimate of drug-likeness (QED) is 0.788. The van der Waals surface area contributed by atoms with E-state index in [4.69, 9.17) is 16.7 Å². The summed E-state index contributed by atoms with van der Waals surface area (Å²) >= 11 is 8.04. The van der Waals surface area contributed by atoms with E-state index in [9.17, 15) is 9.59 Å². The van der Waals surface area contributed by atoms with Crippen molar-refractivity contribution < 1.29 is 14.7 Å². The number of hydrogen-bond acceptors (Lipinski definition) is 2. The molecule has 2 N–H and O–H groups in total. The van der Waals surface area contributed by atoms with Gasteiger partial charge in [0.2, 0.25) is 0 Å². The molecule has 0 radical (unpaired) electrons. The predicted molar refractivity (Wildman–Crippen MR) is 77.9 cm³/mol. The van der Waals surface area contributed by atoms with Crippen LogP contribution in [0.5, 0.6) is 0 Å². The van der Waals surface area contributed by atoms with Crippen molar-refractivity contribution >= 4 is 46.1 Å². The number of aliphatic carboxylic acids is 1. The Morgan fingerprint density at radius 1 is 1.39 bits per heavy atom. The molecule has 4 nitrogen and oxygen atoms in total. The van der Waals surface area contributed by atoms with E-state index in [1.807, 2.05) is 0 Å². The molecule has 1 atom stereocenters. The van der Waals surface area contributed by atoms with Gasteiger partial charge in [0.1, 0.15) is 6.04 Å². The fourth-order valence-electron chi connectivity index (χ4n) is 1.41. The predicted octanol–water partition coefficient (Wildman–Crippen LogP) is 2.78. The van der Waals surface area contributed by atoms with Crippen LogP contribution >= 0.6 is 34.2 Å². The van der Waals surface area contributed by atoms with Crippen molar-refractivity contribution in [1.82, 2.24) is 5.32 Å². The van der Waals surface area contributed by atoms with E-state index in [0.29, 0.717) is 5.02 Å². The van der Waals surface area contributed by atoms with Crippen LogP contribution in [0.25, 0.3) is 0 Å². The van der Waals surface area contributed by atoms with Crippen LogP contribution in [0, 0.1) is 9.49 Å². The molecule has 98 valence electrons. The number of amides is 1. The number of carboxylic acids is 1. The van der Waals surface area contributed by atoms with Gasteiger partial charge in [0.05, 0.1) is 10.6 Å². The van der Waals surface area contributed by atoms with Crippen molar-refractivity contribution in [1.29, 1.82) is 0 Å². The van der Waals surface area contributed by atoms with Gasteiger partial charge in [-0.2, -0.15) is 0 Å². The van der Waals surface area contributed by atoms with Crippen LogP contribution in [0.3, 0.4) is 0 Å². The zero-order valence-electron chi connectivity index (χ0n) is 9.91. The molecule has 0 aliphatic rings. The number of benzene rings is 1. The van der Waals surface area contributed by atoms with Crippen LogP contribution in [0.2, 0.25) is 5.02 Å². The summed E-state index contributed by atoms with van der Waals surface area (Å²) in [7, 11) is 0. The van der Waals surface area contributed by atoms with Crippen LogP contribution < -0.4 is 5.32 Å². The highest BCUT2D eigenvalue weighted by Crippen LogP contribution is 2.19. The van der Waals surface area contributed by atoms with Crippen LogP contribution in [0.15, 0.2) is 18.2 Å². The van der Waals surface area contributed by atoms with Gasteiger partial charge in [-0.3, -0.25) is 4.79 Å². The summed E-state index contributed by atoms with van der Waals surface area (Å²) in [6.45, 7) is 3.46. The summed E-state index contributed by atoms with van der Waals surface area (Å²) in [4.78, 5) is 22.9. The van der Waals surface area contributed by atoms with E-state index in [1.165, 1.54) is 0 Å². The lowest BCUT2D eigenvalue weighted by Crippen LogP contribution is -2.44. The van der Waals surface area contributed by atoms with Crippen molar-refractivity contribution in [3.63, 3.8) is 0 Å². The van der Waals surface area contributed by atoms with Crippen molar-refractivity contribution in [2.45, 2.75) is 19.9 Å². The highest BCUT2D eigenvalue weighted by Gasteiger charge is 2.24. The molecule has 1 amide bonds. The standard InChI is InChI=1S/C12H13ClINO3/c1-6(2)10(12(17)18)15-11(16)8-4-3-7(14)5-9(8)13/h3-6,10H,1-2H3,(H,15,16)(H,17,18)/t10-/m0/s1. The number of halogens is 2. The first-order valence-electron chi connectivity index (χ1n) is 5.31. The van der Waals surface area contributed by atoms with Crippen molar-refractivity contribution in [2.75, 3.05) is 0 Å². The van der Waals surface area contributed by atoms with E-state index in [2.05, 4.69) is 27.9 Å². The molecule has 0 bridgehead atoms. The molecular weight excluding hydrogens is 368 g/mol. The van der Waals surface area contributed by atoms with Gasteiger partial charge >= 0.3 is 5.97 Å². The number of carbonyl (C=O) groups excluding carboxylic acids is 1. The first-order valence-corrected chi connectivity index (χ1v) is 6.77. The summed E-state index contributed by atoms with van der Waals surface area (Å²) in [5, 5.41) is 11.8. The Hall–Kier alpha value is -0.820. The Kier molecular flexibility index (Phi) is 5.40. The van der Waals surface area contributed by atoms with Gasteiger partial charge in [0.15, 0.2) is 0 Å². The first kappa shape index (κ1) is 15.2. The second-order valence-corrected chi connectivity index (χ2v) is 5.81. The Bertz CT molecular complexity index is 476. The number of hydrogen-bond donors (Lipinski definition) is 2. The molecular formula is C12H13ClINO3. The second-order valence-electron chi connectivity index (χ2n) is 4.16. The largest absolute Gasteiger partial charge is 0.480 e. The molecule has 0 spiro atoms. The highest BCUT2D eigenvalue weighted by atomic mass is 127. The minimum absolute atomic E-state index is 0.200. The molecule has 0 unspecified atom stereocenters. The molecule has 1 aromatic rings. The maximum absolute atomic E-state index is 11.9. The molecule has 1 aromatic carbocycles. The molecule has 0 aromatic heterocycles. The summed E-state index contributed by atoms with van der Waals surface area (Å²) in [5.74, 6) is -1.73. The van der Waals surface area contributed by atoms with Gasteiger partial charge in [0.25, 0.3) is 5.91 Å². The fourth-order valence-corrected chi connectivity index (χ4v) is 2.35. The number of carboxylic acid groups (broad SMARTS) is 1. The maximum Gasteiger partial charge on any atom is 0.326 e. The topological polar surface area (TPSA) is 66.4 Å². The van der Waals surface area contributed by atoms with Crippen LogP contribution in [-0.4, -0.2) is 23.0 Å². The minimum Gasteiger partial charge on any atom is -0.480 e. The second kappa shape index (κ2) is 6.38. The van der Waals surface area contributed by atoms with Gasteiger partial charge in [-0.25, -0.2) is 4.79 Å². The number of nitrogens with one attached hydrogen (secondary N) is 1. The average molecular weight is 382 g/mol. The number of carbonyl (C=O) groups is 2. The first-order chi connectivity index (χ1) is 8.32. The van der Waals surface area contributed by atoms with Crippen LogP contribution in [-0.2, 0) is 4.79 Å². The number of rotatable bonds is 4. The Morgan fingerprint density at radius 3 is 2.44 bits per heavy atom. The lowest BCUT2D eigenvalue weighted by molar-refractivity contribution is -0.140. The summed E-state index contributed by atoms with van der Waals surface area (Å²) < 4.78 is 0.910. The zero-order chi connectivity index (χ0) is 13.9. The molecule has 0 aliphatic carbocycles. The maximum atomic E-state index is 11.9. The highest BCUT2D eigenvalue weighted by molar-refractivity contribution is 14.1. The average Bonchev–Trinajstić information content (AvgIpc) is 2.24. The third-order valence-corrected chi connectivity index (χ3v) is 3.38. The van der Waals surface area contributed by atoms with E-state index >= 15 is 0 Å². The van der Waals surface area contributed by atoms with Gasteiger partial charge in [-0.1, -0.05) is 25.4 Å².